The quantitative estimate of drug-likeness (QED) is 0.797. The Morgan fingerprint density at radius 2 is 1.72 bits per heavy atom. The normalized spacial score (nSPS) is 17.6. The van der Waals surface area contributed by atoms with Crippen molar-refractivity contribution in [3.8, 4) is 5.75 Å². The van der Waals surface area contributed by atoms with Gasteiger partial charge in [-0.25, -0.2) is 0 Å². The molecular weight excluding hydrogens is 362 g/mol. The van der Waals surface area contributed by atoms with E-state index in [1.54, 1.807) is 0 Å². The van der Waals surface area contributed by atoms with Crippen molar-refractivity contribution in [3.05, 3.63) is 65.7 Å². The number of hydrogen-bond donors (Lipinski definition) is 1. The summed E-state index contributed by atoms with van der Waals surface area (Å²) in [6, 6.07) is 17.8. The molecule has 2 atom stereocenters. The van der Waals surface area contributed by atoms with Gasteiger partial charge >= 0.3 is 0 Å². The van der Waals surface area contributed by atoms with E-state index in [-0.39, 0.29) is 17.2 Å². The van der Waals surface area contributed by atoms with Gasteiger partial charge in [0.25, 0.3) is 5.91 Å². The molecule has 0 spiro atoms. The van der Waals surface area contributed by atoms with E-state index in [9.17, 15) is 9.90 Å². The van der Waals surface area contributed by atoms with Crippen LogP contribution in [-0.2, 0) is 10.2 Å². The Morgan fingerprint density at radius 1 is 1.07 bits per heavy atom. The maximum atomic E-state index is 12.9. The Kier molecular flexibility index (Phi) is 6.63. The van der Waals surface area contributed by atoms with Gasteiger partial charge in [-0.15, -0.1) is 0 Å². The summed E-state index contributed by atoms with van der Waals surface area (Å²) in [6.07, 6.45) is 0.602. The molecule has 29 heavy (non-hydrogen) atoms. The van der Waals surface area contributed by atoms with E-state index in [0.717, 1.165) is 24.2 Å². The van der Waals surface area contributed by atoms with Crippen molar-refractivity contribution in [2.75, 3.05) is 13.1 Å². The highest BCUT2D eigenvalue weighted by Crippen LogP contribution is 2.31. The second-order valence-corrected chi connectivity index (χ2v) is 9.06. The van der Waals surface area contributed by atoms with Crippen LogP contribution in [0, 0.1) is 5.92 Å². The van der Waals surface area contributed by atoms with Gasteiger partial charge in [0.15, 0.2) is 6.10 Å². The predicted octanol–water partition coefficient (Wildman–Crippen LogP) is 4.72. The molecule has 0 aromatic heterocycles. The monoisotopic (exact) mass is 395 g/mol. The highest BCUT2D eigenvalue weighted by atomic mass is 16.5. The van der Waals surface area contributed by atoms with Crippen LogP contribution in [0.3, 0.4) is 0 Å². The fourth-order valence-corrected chi connectivity index (χ4v) is 3.91. The van der Waals surface area contributed by atoms with Gasteiger partial charge in [0.05, 0.1) is 6.10 Å². The molecule has 2 unspecified atom stereocenters. The molecule has 0 saturated carbocycles. The summed E-state index contributed by atoms with van der Waals surface area (Å²) >= 11 is 0. The van der Waals surface area contributed by atoms with Crippen LogP contribution in [0.4, 0.5) is 0 Å². The second kappa shape index (κ2) is 9.00. The minimum atomic E-state index is -0.527. The van der Waals surface area contributed by atoms with Gasteiger partial charge in [-0.05, 0) is 54.4 Å². The Labute approximate surface area is 174 Å². The molecule has 1 aliphatic rings. The van der Waals surface area contributed by atoms with Crippen LogP contribution in [0.2, 0.25) is 0 Å². The minimum absolute atomic E-state index is 0.0128. The van der Waals surface area contributed by atoms with Crippen LogP contribution in [0.1, 0.15) is 57.8 Å². The van der Waals surface area contributed by atoms with Crippen LogP contribution in [0.25, 0.3) is 0 Å². The number of ether oxygens (including phenoxy) is 1. The van der Waals surface area contributed by atoms with Crippen molar-refractivity contribution in [2.45, 2.75) is 58.2 Å². The van der Waals surface area contributed by atoms with Crippen LogP contribution < -0.4 is 4.74 Å². The van der Waals surface area contributed by atoms with Gasteiger partial charge in [0.1, 0.15) is 5.75 Å². The SMILES string of the molecule is CC(Oc1cccc(C(C)(C)C)c1)C(=O)N1CCC(C(O)c2ccccc2)CC1. The van der Waals surface area contributed by atoms with Crippen molar-refractivity contribution in [3.63, 3.8) is 0 Å². The van der Waals surface area contributed by atoms with Crippen LogP contribution in [0.15, 0.2) is 54.6 Å². The molecular formula is C25H33NO3. The van der Waals surface area contributed by atoms with E-state index in [4.69, 9.17) is 4.74 Å². The molecule has 1 N–H and O–H groups in total. The first-order chi connectivity index (χ1) is 13.8. The topological polar surface area (TPSA) is 49.8 Å². The number of aliphatic hydroxyl groups is 1. The van der Waals surface area contributed by atoms with Gasteiger partial charge < -0.3 is 14.7 Å². The Morgan fingerprint density at radius 3 is 2.34 bits per heavy atom. The first-order valence-electron chi connectivity index (χ1n) is 10.5. The molecule has 2 aromatic carbocycles. The Hall–Kier alpha value is -2.33. The van der Waals surface area contributed by atoms with Gasteiger partial charge in [0, 0.05) is 13.1 Å². The summed E-state index contributed by atoms with van der Waals surface area (Å²) in [7, 11) is 0. The number of rotatable bonds is 5. The summed E-state index contributed by atoms with van der Waals surface area (Å²) in [5, 5.41) is 10.6. The van der Waals surface area contributed by atoms with Gasteiger partial charge in [-0.1, -0.05) is 63.2 Å². The molecule has 0 radical (unpaired) electrons. The number of carbonyl (C=O) groups excluding carboxylic acids is 1. The lowest BCUT2D eigenvalue weighted by Gasteiger charge is -2.35. The number of nitrogens with zero attached hydrogens (tertiary/aromatic N) is 1. The molecule has 0 aliphatic carbocycles. The number of aliphatic hydroxyl groups excluding tert-OH is 1. The van der Waals surface area contributed by atoms with Crippen LogP contribution >= 0.6 is 0 Å². The first kappa shape index (κ1) is 21.4. The molecule has 1 amide bonds. The largest absolute Gasteiger partial charge is 0.481 e. The van der Waals surface area contributed by atoms with Crippen molar-refractivity contribution < 1.29 is 14.6 Å². The maximum Gasteiger partial charge on any atom is 0.263 e. The van der Waals surface area contributed by atoms with E-state index in [2.05, 4.69) is 26.8 Å². The minimum Gasteiger partial charge on any atom is -0.481 e. The van der Waals surface area contributed by atoms with Crippen molar-refractivity contribution in [1.29, 1.82) is 0 Å². The standard InChI is InChI=1S/C25H33NO3/c1-18(29-22-12-8-11-21(17-22)25(2,3)4)24(28)26-15-13-20(14-16-26)23(27)19-9-6-5-7-10-19/h5-12,17-18,20,23,27H,13-16H2,1-4H3. The zero-order chi connectivity index (χ0) is 21.0. The fourth-order valence-electron chi connectivity index (χ4n) is 3.91. The molecule has 1 heterocycles. The van der Waals surface area contributed by atoms with Gasteiger partial charge in [0.2, 0.25) is 0 Å². The molecule has 2 aromatic rings. The third-order valence-electron chi connectivity index (χ3n) is 5.80. The summed E-state index contributed by atoms with van der Waals surface area (Å²) in [5.41, 5.74) is 2.17. The average Bonchev–Trinajstić information content (AvgIpc) is 2.73. The van der Waals surface area contributed by atoms with Crippen molar-refractivity contribution >= 4 is 5.91 Å². The summed E-state index contributed by atoms with van der Waals surface area (Å²) < 4.78 is 5.97. The maximum absolute atomic E-state index is 12.9. The zero-order valence-corrected chi connectivity index (χ0v) is 18.0. The first-order valence-corrected chi connectivity index (χ1v) is 10.5. The van der Waals surface area contributed by atoms with E-state index < -0.39 is 12.2 Å². The lowest BCUT2D eigenvalue weighted by atomic mass is 9.87. The molecule has 3 rings (SSSR count). The third-order valence-corrected chi connectivity index (χ3v) is 5.80. The molecule has 4 heteroatoms. The lowest BCUT2D eigenvalue weighted by molar-refractivity contribution is -0.140. The third kappa shape index (κ3) is 5.39. The van der Waals surface area contributed by atoms with Crippen molar-refractivity contribution in [1.82, 2.24) is 4.90 Å². The predicted molar refractivity (Wildman–Crippen MR) is 116 cm³/mol. The Bertz CT molecular complexity index is 804. The fraction of sp³-hybridized carbons (Fsp3) is 0.480. The van der Waals surface area contributed by atoms with E-state index >= 15 is 0 Å². The lowest BCUT2D eigenvalue weighted by Crippen LogP contribution is -2.45. The number of amides is 1. The van der Waals surface area contributed by atoms with Gasteiger partial charge in [-0.3, -0.25) is 4.79 Å². The summed E-state index contributed by atoms with van der Waals surface area (Å²) in [6.45, 7) is 9.61. The average molecular weight is 396 g/mol. The molecule has 4 nitrogen and oxygen atoms in total. The molecule has 156 valence electrons. The number of carbonyl (C=O) groups is 1. The zero-order valence-electron chi connectivity index (χ0n) is 18.0. The van der Waals surface area contributed by atoms with E-state index in [1.165, 1.54) is 5.56 Å². The molecule has 1 fully saturated rings. The molecule has 1 saturated heterocycles. The summed E-state index contributed by atoms with van der Waals surface area (Å²) in [5.74, 6) is 0.924. The van der Waals surface area contributed by atoms with E-state index in [0.29, 0.717) is 13.1 Å². The number of likely N-dealkylation sites (tertiary alicyclic amines) is 1. The number of piperidine rings is 1. The number of hydrogen-bond acceptors (Lipinski definition) is 3. The second-order valence-electron chi connectivity index (χ2n) is 9.06. The van der Waals surface area contributed by atoms with Gasteiger partial charge in [-0.2, -0.15) is 0 Å². The molecule has 0 bridgehead atoms. The Balaban J connectivity index is 1.55. The van der Waals surface area contributed by atoms with E-state index in [1.807, 2.05) is 60.4 Å². The van der Waals surface area contributed by atoms with Crippen LogP contribution in [0.5, 0.6) is 5.75 Å². The van der Waals surface area contributed by atoms with Crippen molar-refractivity contribution in [2.24, 2.45) is 5.92 Å². The number of benzene rings is 2. The highest BCUT2D eigenvalue weighted by molar-refractivity contribution is 5.81. The van der Waals surface area contributed by atoms with Crippen LogP contribution in [-0.4, -0.2) is 35.1 Å². The summed E-state index contributed by atoms with van der Waals surface area (Å²) in [4.78, 5) is 14.7. The highest BCUT2D eigenvalue weighted by Gasteiger charge is 2.30. The molecule has 1 aliphatic heterocycles. The smallest absolute Gasteiger partial charge is 0.263 e.